The summed E-state index contributed by atoms with van der Waals surface area (Å²) in [4.78, 5) is 28.2. The second kappa shape index (κ2) is 9.67. The van der Waals surface area contributed by atoms with Crippen molar-refractivity contribution in [1.82, 2.24) is 10.3 Å². The Balaban J connectivity index is 1.51. The summed E-state index contributed by atoms with van der Waals surface area (Å²) in [6.07, 6.45) is 13.0. The van der Waals surface area contributed by atoms with Gasteiger partial charge in [0.05, 0.1) is 5.56 Å². The van der Waals surface area contributed by atoms with Crippen molar-refractivity contribution in [3.63, 3.8) is 0 Å². The molecule has 0 radical (unpaired) electrons. The molecule has 1 saturated carbocycles. The van der Waals surface area contributed by atoms with Gasteiger partial charge in [-0.2, -0.15) is 0 Å². The maximum atomic E-state index is 12.1. The van der Waals surface area contributed by atoms with Gasteiger partial charge in [0.1, 0.15) is 0 Å². The molecule has 0 bridgehead atoms. The molecule has 0 saturated heterocycles. The lowest BCUT2D eigenvalue weighted by Gasteiger charge is -2.17. The summed E-state index contributed by atoms with van der Waals surface area (Å²) in [7, 11) is 0. The van der Waals surface area contributed by atoms with Crippen molar-refractivity contribution in [3.05, 3.63) is 72.1 Å². The average Bonchev–Trinajstić information content (AvgIpc) is 2.72. The maximum absolute atomic E-state index is 12.1. The second-order valence-corrected chi connectivity index (χ2v) is 6.87. The Morgan fingerprint density at radius 2 is 1.96 bits per heavy atom. The van der Waals surface area contributed by atoms with Gasteiger partial charge in [0.2, 0.25) is 5.91 Å². The summed E-state index contributed by atoms with van der Waals surface area (Å²) in [6.45, 7) is 0.384. The van der Waals surface area contributed by atoms with Crippen LogP contribution >= 0.6 is 0 Å². The lowest BCUT2D eigenvalue weighted by Crippen LogP contribution is -2.22. The normalized spacial score (nSPS) is 14.8. The number of benzene rings is 1. The van der Waals surface area contributed by atoms with Crippen molar-refractivity contribution in [2.75, 3.05) is 5.32 Å². The molecule has 3 rings (SSSR count). The standard InChI is InChI=1S/C22H25N3O2/c26-21(12-11-17-6-2-1-3-7-17)25-20-10-4-8-18(14-20)15-24-22(27)19-9-5-13-23-16-19/h4-5,8-14,16-17H,1-3,6-7,15H2,(H,24,27)(H,25,26)/b12-11+. The van der Waals surface area contributed by atoms with Gasteiger partial charge < -0.3 is 10.6 Å². The van der Waals surface area contributed by atoms with E-state index < -0.39 is 0 Å². The summed E-state index contributed by atoms with van der Waals surface area (Å²) >= 11 is 0. The fourth-order valence-corrected chi connectivity index (χ4v) is 3.27. The Morgan fingerprint density at radius 1 is 1.11 bits per heavy atom. The van der Waals surface area contributed by atoms with E-state index in [2.05, 4.69) is 15.6 Å². The van der Waals surface area contributed by atoms with Crippen LogP contribution in [0, 0.1) is 5.92 Å². The molecule has 0 unspecified atom stereocenters. The highest BCUT2D eigenvalue weighted by atomic mass is 16.2. The van der Waals surface area contributed by atoms with E-state index >= 15 is 0 Å². The van der Waals surface area contributed by atoms with Crippen molar-refractivity contribution in [2.24, 2.45) is 5.92 Å². The van der Waals surface area contributed by atoms with Gasteiger partial charge in [-0.15, -0.1) is 0 Å². The molecule has 5 nitrogen and oxygen atoms in total. The predicted octanol–water partition coefficient (Wildman–Crippen LogP) is 4.09. The molecule has 27 heavy (non-hydrogen) atoms. The Kier molecular flexibility index (Phi) is 6.74. The smallest absolute Gasteiger partial charge is 0.253 e. The topological polar surface area (TPSA) is 71.1 Å². The quantitative estimate of drug-likeness (QED) is 0.760. The first-order valence-corrected chi connectivity index (χ1v) is 9.47. The van der Waals surface area contributed by atoms with Crippen molar-refractivity contribution in [1.29, 1.82) is 0 Å². The van der Waals surface area contributed by atoms with Crippen LogP contribution in [0.1, 0.15) is 48.0 Å². The Labute approximate surface area is 159 Å². The zero-order valence-corrected chi connectivity index (χ0v) is 15.4. The molecule has 2 aromatic rings. The lowest BCUT2D eigenvalue weighted by molar-refractivity contribution is -0.111. The predicted molar refractivity (Wildman–Crippen MR) is 106 cm³/mol. The number of hydrogen-bond donors (Lipinski definition) is 2. The highest BCUT2D eigenvalue weighted by Crippen LogP contribution is 2.24. The van der Waals surface area contributed by atoms with Crippen molar-refractivity contribution in [3.8, 4) is 0 Å². The van der Waals surface area contributed by atoms with E-state index in [9.17, 15) is 9.59 Å². The molecule has 2 amide bonds. The number of amides is 2. The molecule has 1 aromatic carbocycles. The maximum Gasteiger partial charge on any atom is 0.253 e. The van der Waals surface area contributed by atoms with Crippen LogP contribution in [0.3, 0.4) is 0 Å². The molecule has 1 heterocycles. The van der Waals surface area contributed by atoms with Gasteiger partial charge in [-0.05, 0) is 54.7 Å². The van der Waals surface area contributed by atoms with Gasteiger partial charge in [-0.25, -0.2) is 0 Å². The molecule has 0 atom stereocenters. The zero-order valence-electron chi connectivity index (χ0n) is 15.4. The first-order chi connectivity index (χ1) is 13.2. The number of nitrogens with one attached hydrogen (secondary N) is 2. The molecule has 1 aliphatic rings. The highest BCUT2D eigenvalue weighted by Gasteiger charge is 2.10. The third kappa shape index (κ3) is 6.06. The minimum Gasteiger partial charge on any atom is -0.348 e. The number of rotatable bonds is 6. The highest BCUT2D eigenvalue weighted by molar-refractivity contribution is 5.99. The van der Waals surface area contributed by atoms with Gasteiger partial charge in [-0.3, -0.25) is 14.6 Å². The average molecular weight is 363 g/mol. The fraction of sp³-hybridized carbons (Fsp3) is 0.318. The summed E-state index contributed by atoms with van der Waals surface area (Å²) in [6, 6.07) is 10.9. The lowest BCUT2D eigenvalue weighted by atomic mass is 9.89. The van der Waals surface area contributed by atoms with Crippen LogP contribution in [0.5, 0.6) is 0 Å². The zero-order chi connectivity index (χ0) is 18.9. The number of carbonyl (C=O) groups excluding carboxylic acids is 2. The summed E-state index contributed by atoms with van der Waals surface area (Å²) in [5.41, 5.74) is 2.16. The van der Waals surface area contributed by atoms with E-state index in [1.54, 1.807) is 24.4 Å². The number of hydrogen-bond acceptors (Lipinski definition) is 3. The van der Waals surface area contributed by atoms with Gasteiger partial charge >= 0.3 is 0 Å². The van der Waals surface area contributed by atoms with Crippen LogP contribution in [-0.2, 0) is 11.3 Å². The van der Waals surface area contributed by atoms with Crippen molar-refractivity contribution in [2.45, 2.75) is 38.6 Å². The van der Waals surface area contributed by atoms with E-state index in [-0.39, 0.29) is 11.8 Å². The van der Waals surface area contributed by atoms with Crippen LogP contribution in [0.2, 0.25) is 0 Å². The number of carbonyl (C=O) groups is 2. The van der Waals surface area contributed by atoms with E-state index in [1.165, 1.54) is 38.3 Å². The molecule has 1 aromatic heterocycles. The molecule has 1 aliphatic carbocycles. The molecule has 0 aliphatic heterocycles. The molecule has 2 N–H and O–H groups in total. The van der Waals surface area contributed by atoms with Crippen LogP contribution < -0.4 is 10.6 Å². The monoisotopic (exact) mass is 363 g/mol. The Bertz CT molecular complexity index is 796. The van der Waals surface area contributed by atoms with Gasteiger partial charge in [0.25, 0.3) is 5.91 Å². The SMILES string of the molecule is O=C(/C=C/C1CCCCC1)Nc1cccc(CNC(=O)c2cccnc2)c1. The molecule has 1 fully saturated rings. The number of nitrogens with zero attached hydrogens (tertiary/aromatic N) is 1. The third-order valence-corrected chi connectivity index (χ3v) is 4.74. The number of allylic oxidation sites excluding steroid dienone is 1. The Hall–Kier alpha value is -2.95. The second-order valence-electron chi connectivity index (χ2n) is 6.87. The van der Waals surface area contributed by atoms with Crippen LogP contribution in [0.15, 0.2) is 60.9 Å². The van der Waals surface area contributed by atoms with Crippen LogP contribution in [0.25, 0.3) is 0 Å². The van der Waals surface area contributed by atoms with E-state index in [0.29, 0.717) is 18.0 Å². The van der Waals surface area contributed by atoms with Crippen LogP contribution in [-0.4, -0.2) is 16.8 Å². The molecule has 140 valence electrons. The van der Waals surface area contributed by atoms with Gasteiger partial charge in [0.15, 0.2) is 0 Å². The third-order valence-electron chi connectivity index (χ3n) is 4.74. The number of anilines is 1. The molecule has 5 heteroatoms. The first-order valence-electron chi connectivity index (χ1n) is 9.47. The fourth-order valence-electron chi connectivity index (χ4n) is 3.27. The number of aromatic nitrogens is 1. The summed E-state index contributed by atoms with van der Waals surface area (Å²) < 4.78 is 0. The molecular formula is C22H25N3O2. The van der Waals surface area contributed by atoms with E-state index in [0.717, 1.165) is 11.3 Å². The summed E-state index contributed by atoms with van der Waals surface area (Å²) in [5.74, 6) is 0.239. The first kappa shape index (κ1) is 18.8. The van der Waals surface area contributed by atoms with Gasteiger partial charge in [-0.1, -0.05) is 37.5 Å². The molecular weight excluding hydrogens is 338 g/mol. The number of pyridine rings is 1. The minimum absolute atomic E-state index is 0.114. The van der Waals surface area contributed by atoms with E-state index in [1.807, 2.05) is 30.3 Å². The summed E-state index contributed by atoms with van der Waals surface area (Å²) in [5, 5.41) is 5.75. The molecule has 0 spiro atoms. The van der Waals surface area contributed by atoms with Crippen LogP contribution in [0.4, 0.5) is 5.69 Å². The minimum atomic E-state index is -0.173. The Morgan fingerprint density at radius 3 is 2.74 bits per heavy atom. The van der Waals surface area contributed by atoms with Crippen molar-refractivity contribution < 1.29 is 9.59 Å². The van der Waals surface area contributed by atoms with Crippen molar-refractivity contribution >= 4 is 17.5 Å². The van der Waals surface area contributed by atoms with Gasteiger partial charge in [0, 0.05) is 24.6 Å². The largest absolute Gasteiger partial charge is 0.348 e. The van der Waals surface area contributed by atoms with E-state index in [4.69, 9.17) is 0 Å².